The summed E-state index contributed by atoms with van der Waals surface area (Å²) in [5.41, 5.74) is 0. The van der Waals surface area contributed by atoms with Gasteiger partial charge < -0.3 is 19.6 Å². The molecule has 0 atom stereocenters. The molecule has 23 heavy (non-hydrogen) atoms. The Morgan fingerprint density at radius 3 is 2.48 bits per heavy atom. The predicted octanol–water partition coefficient (Wildman–Crippen LogP) is 2.68. The molecule has 0 aliphatic heterocycles. The zero-order valence-corrected chi connectivity index (χ0v) is 15.4. The molecule has 0 saturated carbocycles. The Morgan fingerprint density at radius 1 is 1.26 bits per heavy atom. The van der Waals surface area contributed by atoms with E-state index in [0.29, 0.717) is 19.6 Å². The molecule has 0 bridgehead atoms. The second-order valence-corrected chi connectivity index (χ2v) is 6.27. The van der Waals surface area contributed by atoms with Gasteiger partial charge in [0.25, 0.3) is 0 Å². The molecule has 0 heterocycles. The Morgan fingerprint density at radius 2 is 1.91 bits per heavy atom. The van der Waals surface area contributed by atoms with Crippen molar-refractivity contribution in [3.63, 3.8) is 0 Å². The smallest absolute Gasteiger partial charge is 0.407 e. The summed E-state index contributed by atoms with van der Waals surface area (Å²) in [5.74, 6) is 0.598. The first-order chi connectivity index (χ1) is 10.9. The molecule has 0 aliphatic carbocycles. The number of hydrogen-bond donors (Lipinski definition) is 1. The zero-order chi connectivity index (χ0) is 17.2. The monoisotopic (exact) mass is 432 g/mol. The van der Waals surface area contributed by atoms with Gasteiger partial charge in [-0.3, -0.25) is 4.79 Å². The molecule has 0 aliphatic rings. The Hall–Kier alpha value is -1.77. The van der Waals surface area contributed by atoms with Crippen LogP contribution in [0.4, 0.5) is 4.79 Å². The van der Waals surface area contributed by atoms with Crippen molar-refractivity contribution in [3.05, 3.63) is 40.0 Å². The van der Waals surface area contributed by atoms with Gasteiger partial charge in [0.15, 0.2) is 0 Å². The van der Waals surface area contributed by atoms with E-state index in [1.54, 1.807) is 20.2 Å². The lowest BCUT2D eigenvalue weighted by atomic mass is 10.3. The van der Waals surface area contributed by atoms with Crippen LogP contribution in [0.25, 0.3) is 0 Å². The van der Waals surface area contributed by atoms with Crippen molar-refractivity contribution in [1.29, 1.82) is 0 Å². The number of nitrogens with zero attached hydrogens (tertiary/aromatic N) is 2. The van der Waals surface area contributed by atoms with Gasteiger partial charge in [0.2, 0.25) is 5.91 Å². The number of carbonyl (C=O) groups is 2. The summed E-state index contributed by atoms with van der Waals surface area (Å²) in [5, 5.41) is 9.15. The second kappa shape index (κ2) is 10.1. The molecule has 1 aromatic rings. The Labute approximate surface area is 149 Å². The van der Waals surface area contributed by atoms with Crippen molar-refractivity contribution in [2.24, 2.45) is 0 Å². The number of likely N-dealkylation sites (N-methyl/N-ethyl adjacent to an activating group) is 1. The topological polar surface area (TPSA) is 70.1 Å². The second-order valence-electron chi connectivity index (χ2n) is 5.02. The molecule has 2 amide bonds. The highest BCUT2D eigenvalue weighted by Crippen LogP contribution is 2.13. The van der Waals surface area contributed by atoms with E-state index < -0.39 is 6.09 Å². The standard InChI is InChI=1S/C16H21IN2O4/c1-18(2)15(20)5-3-10-19(16(21)22)11-4-12-23-14-8-6-13(17)7-9-14/h3,5-9H,4,10-12H2,1-2H3,(H,21,22)/b5-3+. The van der Waals surface area contributed by atoms with Crippen LogP contribution in [-0.2, 0) is 4.79 Å². The highest BCUT2D eigenvalue weighted by molar-refractivity contribution is 14.1. The van der Waals surface area contributed by atoms with Crippen molar-refractivity contribution in [1.82, 2.24) is 9.80 Å². The summed E-state index contributed by atoms with van der Waals surface area (Å²) in [6.45, 7) is 0.962. The van der Waals surface area contributed by atoms with Gasteiger partial charge in [-0.1, -0.05) is 6.08 Å². The average molecular weight is 432 g/mol. The van der Waals surface area contributed by atoms with Crippen LogP contribution >= 0.6 is 22.6 Å². The van der Waals surface area contributed by atoms with E-state index >= 15 is 0 Å². The molecule has 7 heteroatoms. The third-order valence-corrected chi connectivity index (χ3v) is 3.67. The van der Waals surface area contributed by atoms with Crippen LogP contribution in [0.5, 0.6) is 5.75 Å². The van der Waals surface area contributed by atoms with Gasteiger partial charge in [-0.05, 0) is 53.3 Å². The summed E-state index contributed by atoms with van der Waals surface area (Å²) in [4.78, 5) is 25.2. The SMILES string of the molecule is CN(C)C(=O)/C=C/CN(CCCOc1ccc(I)cc1)C(=O)O. The summed E-state index contributed by atoms with van der Waals surface area (Å²) in [6.07, 6.45) is 2.49. The van der Waals surface area contributed by atoms with Gasteiger partial charge in [0.1, 0.15) is 5.75 Å². The molecule has 0 unspecified atom stereocenters. The Kier molecular flexibility index (Phi) is 8.46. The van der Waals surface area contributed by atoms with Crippen molar-refractivity contribution in [2.75, 3.05) is 33.8 Å². The Bertz CT molecular complexity index is 544. The number of rotatable bonds is 8. The third kappa shape index (κ3) is 7.87. The number of ether oxygens (including phenoxy) is 1. The lowest BCUT2D eigenvalue weighted by Gasteiger charge is -2.17. The highest BCUT2D eigenvalue weighted by Gasteiger charge is 2.09. The minimum absolute atomic E-state index is 0.169. The molecule has 0 spiro atoms. The molecule has 6 nitrogen and oxygen atoms in total. The van der Waals surface area contributed by atoms with E-state index in [2.05, 4.69) is 22.6 Å². The molecular formula is C16H21IN2O4. The number of benzene rings is 1. The molecule has 0 radical (unpaired) electrons. The minimum atomic E-state index is -1.01. The molecule has 0 saturated heterocycles. The van der Waals surface area contributed by atoms with Crippen LogP contribution < -0.4 is 4.74 Å². The maximum Gasteiger partial charge on any atom is 0.407 e. The quantitative estimate of drug-likeness (QED) is 0.390. The normalized spacial score (nSPS) is 10.6. The number of hydrogen-bond acceptors (Lipinski definition) is 3. The van der Waals surface area contributed by atoms with Crippen LogP contribution in [0.1, 0.15) is 6.42 Å². The van der Waals surface area contributed by atoms with Gasteiger partial charge in [-0.2, -0.15) is 0 Å². The van der Waals surface area contributed by atoms with E-state index in [0.717, 1.165) is 9.32 Å². The van der Waals surface area contributed by atoms with Crippen molar-refractivity contribution >= 4 is 34.6 Å². The number of carboxylic acid groups (broad SMARTS) is 1. The van der Waals surface area contributed by atoms with Gasteiger partial charge >= 0.3 is 6.09 Å². The van der Waals surface area contributed by atoms with Gasteiger partial charge in [-0.25, -0.2) is 4.79 Å². The third-order valence-electron chi connectivity index (χ3n) is 2.95. The first kappa shape index (κ1) is 19.3. The molecule has 1 aromatic carbocycles. The maximum absolute atomic E-state index is 11.4. The summed E-state index contributed by atoms with van der Waals surface area (Å²) < 4.78 is 6.69. The van der Waals surface area contributed by atoms with Crippen LogP contribution in [-0.4, -0.2) is 60.7 Å². The fourth-order valence-electron chi connectivity index (χ4n) is 1.67. The van der Waals surface area contributed by atoms with E-state index in [4.69, 9.17) is 9.84 Å². The van der Waals surface area contributed by atoms with E-state index in [1.807, 2.05) is 24.3 Å². The lowest BCUT2D eigenvalue weighted by molar-refractivity contribution is -0.123. The zero-order valence-electron chi connectivity index (χ0n) is 13.2. The van der Waals surface area contributed by atoms with Gasteiger partial charge in [0.05, 0.1) is 6.61 Å². The summed E-state index contributed by atoms with van der Waals surface area (Å²) in [7, 11) is 3.28. The fourth-order valence-corrected chi connectivity index (χ4v) is 2.03. The Balaban J connectivity index is 2.34. The van der Waals surface area contributed by atoms with Crippen LogP contribution in [0.15, 0.2) is 36.4 Å². The van der Waals surface area contributed by atoms with Crippen LogP contribution in [0.3, 0.4) is 0 Å². The van der Waals surface area contributed by atoms with E-state index in [-0.39, 0.29) is 12.5 Å². The van der Waals surface area contributed by atoms with E-state index in [1.165, 1.54) is 15.9 Å². The molecule has 0 aromatic heterocycles. The summed E-state index contributed by atoms with van der Waals surface area (Å²) >= 11 is 2.22. The number of carbonyl (C=O) groups excluding carboxylic acids is 1. The van der Waals surface area contributed by atoms with Crippen molar-refractivity contribution < 1.29 is 19.4 Å². The molecule has 1 rings (SSSR count). The fraction of sp³-hybridized carbons (Fsp3) is 0.375. The van der Waals surface area contributed by atoms with Gasteiger partial charge in [0, 0.05) is 36.8 Å². The maximum atomic E-state index is 11.4. The van der Waals surface area contributed by atoms with Crippen molar-refractivity contribution in [3.8, 4) is 5.75 Å². The number of amides is 2. The molecular weight excluding hydrogens is 411 g/mol. The highest BCUT2D eigenvalue weighted by atomic mass is 127. The minimum Gasteiger partial charge on any atom is -0.494 e. The first-order valence-electron chi connectivity index (χ1n) is 7.14. The predicted molar refractivity (Wildman–Crippen MR) is 96.7 cm³/mol. The summed E-state index contributed by atoms with van der Waals surface area (Å²) in [6, 6.07) is 7.66. The first-order valence-corrected chi connectivity index (χ1v) is 8.22. The average Bonchev–Trinajstić information content (AvgIpc) is 2.50. The van der Waals surface area contributed by atoms with E-state index in [9.17, 15) is 9.59 Å². The lowest BCUT2D eigenvalue weighted by Crippen LogP contribution is -2.31. The molecule has 0 fully saturated rings. The molecule has 1 N–H and O–H groups in total. The largest absolute Gasteiger partial charge is 0.494 e. The van der Waals surface area contributed by atoms with Crippen LogP contribution in [0, 0.1) is 3.57 Å². The van der Waals surface area contributed by atoms with Crippen LogP contribution in [0.2, 0.25) is 0 Å². The van der Waals surface area contributed by atoms with Gasteiger partial charge in [-0.15, -0.1) is 0 Å². The number of halogens is 1. The van der Waals surface area contributed by atoms with Crippen molar-refractivity contribution in [2.45, 2.75) is 6.42 Å². The molecule has 126 valence electrons.